The molecule has 92 valence electrons. The van der Waals surface area contributed by atoms with Crippen LogP contribution in [0.5, 0.6) is 0 Å². The fourth-order valence-electron chi connectivity index (χ4n) is 2.19. The van der Waals surface area contributed by atoms with Gasteiger partial charge in [-0.3, -0.25) is 9.59 Å². The second kappa shape index (κ2) is 4.44. The summed E-state index contributed by atoms with van der Waals surface area (Å²) in [6, 6.07) is -0.310. The van der Waals surface area contributed by atoms with Crippen molar-refractivity contribution in [2.75, 3.05) is 6.54 Å². The van der Waals surface area contributed by atoms with Crippen molar-refractivity contribution in [2.24, 2.45) is 5.92 Å². The van der Waals surface area contributed by atoms with Crippen molar-refractivity contribution in [3.05, 3.63) is 0 Å². The van der Waals surface area contributed by atoms with E-state index in [0.29, 0.717) is 6.54 Å². The number of hydrogen-bond donors (Lipinski definition) is 1. The van der Waals surface area contributed by atoms with Crippen molar-refractivity contribution in [3.63, 3.8) is 0 Å². The maximum Gasteiger partial charge on any atom is 0.248 e. The van der Waals surface area contributed by atoms with E-state index in [1.807, 2.05) is 20.8 Å². The van der Waals surface area contributed by atoms with Crippen LogP contribution in [0.1, 0.15) is 41.0 Å². The van der Waals surface area contributed by atoms with E-state index < -0.39 is 5.54 Å². The van der Waals surface area contributed by atoms with E-state index in [1.165, 1.54) is 0 Å². The van der Waals surface area contributed by atoms with Crippen molar-refractivity contribution in [3.8, 4) is 0 Å². The lowest BCUT2D eigenvalue weighted by atomic mass is 9.89. The molecule has 1 rings (SSSR count). The highest BCUT2D eigenvalue weighted by Gasteiger charge is 2.45. The lowest BCUT2D eigenvalue weighted by molar-refractivity contribution is -0.155. The van der Waals surface area contributed by atoms with Gasteiger partial charge < -0.3 is 10.2 Å². The van der Waals surface area contributed by atoms with Gasteiger partial charge in [0.15, 0.2) is 0 Å². The van der Waals surface area contributed by atoms with Gasteiger partial charge in [-0.25, -0.2) is 0 Å². The quantitative estimate of drug-likeness (QED) is 0.785. The molecule has 4 nitrogen and oxygen atoms in total. The maximum absolute atomic E-state index is 12.2. The van der Waals surface area contributed by atoms with Gasteiger partial charge in [0.05, 0.1) is 0 Å². The Morgan fingerprint density at radius 3 is 2.38 bits per heavy atom. The summed E-state index contributed by atoms with van der Waals surface area (Å²) in [7, 11) is 0. The van der Waals surface area contributed by atoms with Gasteiger partial charge in [0.25, 0.3) is 0 Å². The Balaban J connectivity index is 3.02. The van der Waals surface area contributed by atoms with Crippen LogP contribution in [0.4, 0.5) is 0 Å². The minimum atomic E-state index is -0.767. The average molecular weight is 226 g/mol. The Labute approximate surface area is 97.4 Å². The maximum atomic E-state index is 12.2. The Bertz CT molecular complexity index is 299. The van der Waals surface area contributed by atoms with Crippen molar-refractivity contribution < 1.29 is 9.59 Å². The molecule has 0 saturated carbocycles. The molecular formula is C12H22N2O2. The molecule has 1 fully saturated rings. The number of amides is 2. The summed E-state index contributed by atoms with van der Waals surface area (Å²) in [6.45, 7) is 10.1. The van der Waals surface area contributed by atoms with Crippen LogP contribution in [-0.4, -0.2) is 34.8 Å². The van der Waals surface area contributed by atoms with Gasteiger partial charge >= 0.3 is 0 Å². The zero-order valence-corrected chi connectivity index (χ0v) is 10.8. The molecule has 1 aliphatic heterocycles. The highest BCUT2D eigenvalue weighted by Crippen LogP contribution is 2.23. The van der Waals surface area contributed by atoms with Gasteiger partial charge in [0, 0.05) is 6.54 Å². The number of likely N-dealkylation sites (N-methyl/N-ethyl adjacent to an activating group) is 1. The number of nitrogens with zero attached hydrogens (tertiary/aromatic N) is 1. The van der Waals surface area contributed by atoms with Crippen LogP contribution < -0.4 is 5.32 Å². The molecule has 0 aliphatic carbocycles. The number of hydrogen-bond acceptors (Lipinski definition) is 2. The SMILES string of the molecule is CCC(C)C1C(=O)NC(C)(C)C(=O)N1CC. The topological polar surface area (TPSA) is 49.4 Å². The molecule has 0 spiro atoms. The zero-order valence-electron chi connectivity index (χ0n) is 10.8. The van der Waals surface area contributed by atoms with Crippen LogP contribution in [0.15, 0.2) is 0 Å². The summed E-state index contributed by atoms with van der Waals surface area (Å²) in [5.74, 6) is 0.181. The summed E-state index contributed by atoms with van der Waals surface area (Å²) in [6.07, 6.45) is 0.891. The Morgan fingerprint density at radius 1 is 1.38 bits per heavy atom. The number of piperazine rings is 1. The first-order valence-electron chi connectivity index (χ1n) is 5.98. The third-order valence-corrected chi connectivity index (χ3v) is 3.36. The van der Waals surface area contributed by atoms with E-state index in [-0.39, 0.29) is 23.8 Å². The van der Waals surface area contributed by atoms with Crippen LogP contribution in [-0.2, 0) is 9.59 Å². The predicted molar refractivity (Wildman–Crippen MR) is 62.9 cm³/mol. The summed E-state index contributed by atoms with van der Waals surface area (Å²) >= 11 is 0. The first-order chi connectivity index (χ1) is 7.35. The number of carbonyl (C=O) groups excluding carboxylic acids is 2. The van der Waals surface area contributed by atoms with Gasteiger partial charge in [0.1, 0.15) is 11.6 Å². The molecule has 2 atom stereocenters. The lowest BCUT2D eigenvalue weighted by Gasteiger charge is -2.44. The molecule has 0 aromatic rings. The molecule has 1 aliphatic rings. The Morgan fingerprint density at radius 2 is 1.94 bits per heavy atom. The second-order valence-electron chi connectivity index (χ2n) is 5.04. The molecule has 2 unspecified atom stereocenters. The average Bonchev–Trinajstić information content (AvgIpc) is 2.21. The Hall–Kier alpha value is -1.06. The fraction of sp³-hybridized carbons (Fsp3) is 0.833. The van der Waals surface area contributed by atoms with Gasteiger partial charge in [-0.2, -0.15) is 0 Å². The van der Waals surface area contributed by atoms with E-state index in [2.05, 4.69) is 5.32 Å². The van der Waals surface area contributed by atoms with E-state index in [4.69, 9.17) is 0 Å². The Kier molecular flexibility index (Phi) is 3.61. The van der Waals surface area contributed by atoms with E-state index >= 15 is 0 Å². The van der Waals surface area contributed by atoms with Crippen LogP contribution in [0.25, 0.3) is 0 Å². The molecule has 1 heterocycles. The monoisotopic (exact) mass is 226 g/mol. The van der Waals surface area contributed by atoms with Crippen molar-refractivity contribution in [1.29, 1.82) is 0 Å². The minimum Gasteiger partial charge on any atom is -0.340 e. The molecule has 0 radical (unpaired) electrons. The largest absolute Gasteiger partial charge is 0.340 e. The van der Waals surface area contributed by atoms with Crippen LogP contribution >= 0.6 is 0 Å². The molecule has 0 bridgehead atoms. The third-order valence-electron chi connectivity index (χ3n) is 3.36. The predicted octanol–water partition coefficient (Wildman–Crippen LogP) is 1.16. The van der Waals surface area contributed by atoms with Gasteiger partial charge in [0.2, 0.25) is 11.8 Å². The highest BCUT2D eigenvalue weighted by atomic mass is 16.2. The van der Waals surface area contributed by atoms with E-state index in [0.717, 1.165) is 6.42 Å². The van der Waals surface area contributed by atoms with Gasteiger partial charge in [-0.05, 0) is 26.7 Å². The number of nitrogens with one attached hydrogen (secondary N) is 1. The van der Waals surface area contributed by atoms with Crippen LogP contribution in [0.2, 0.25) is 0 Å². The third kappa shape index (κ3) is 2.06. The summed E-state index contributed by atoms with van der Waals surface area (Å²) in [5.41, 5.74) is -0.767. The van der Waals surface area contributed by atoms with E-state index in [9.17, 15) is 9.59 Å². The molecule has 0 aromatic carbocycles. The number of carbonyl (C=O) groups is 2. The second-order valence-corrected chi connectivity index (χ2v) is 5.04. The smallest absolute Gasteiger partial charge is 0.248 e. The van der Waals surface area contributed by atoms with Gasteiger partial charge in [-0.1, -0.05) is 20.3 Å². The normalized spacial score (nSPS) is 26.6. The molecule has 0 aromatic heterocycles. The molecule has 1 saturated heterocycles. The van der Waals surface area contributed by atoms with Crippen molar-refractivity contribution in [2.45, 2.75) is 52.6 Å². The summed E-state index contributed by atoms with van der Waals surface area (Å²) in [5, 5.41) is 2.80. The van der Waals surface area contributed by atoms with Crippen LogP contribution in [0.3, 0.4) is 0 Å². The van der Waals surface area contributed by atoms with Crippen molar-refractivity contribution in [1.82, 2.24) is 10.2 Å². The molecule has 1 N–H and O–H groups in total. The molecule has 4 heteroatoms. The fourth-order valence-corrected chi connectivity index (χ4v) is 2.19. The minimum absolute atomic E-state index is 0.0138. The standard InChI is InChI=1S/C12H22N2O2/c1-6-8(3)9-10(15)13-12(4,5)11(16)14(9)7-2/h8-9H,6-7H2,1-5H3,(H,13,15). The molecular weight excluding hydrogens is 204 g/mol. The molecule has 16 heavy (non-hydrogen) atoms. The summed E-state index contributed by atoms with van der Waals surface area (Å²) < 4.78 is 0. The van der Waals surface area contributed by atoms with E-state index in [1.54, 1.807) is 18.7 Å². The highest BCUT2D eigenvalue weighted by molar-refractivity contribution is 5.99. The lowest BCUT2D eigenvalue weighted by Crippen LogP contribution is -2.69. The van der Waals surface area contributed by atoms with Gasteiger partial charge in [-0.15, -0.1) is 0 Å². The first kappa shape index (κ1) is 13.0. The zero-order chi connectivity index (χ0) is 12.5. The van der Waals surface area contributed by atoms with Crippen molar-refractivity contribution >= 4 is 11.8 Å². The summed E-state index contributed by atoms with van der Waals surface area (Å²) in [4.78, 5) is 25.9. The molecule has 2 amide bonds. The first-order valence-corrected chi connectivity index (χ1v) is 5.98. The number of rotatable bonds is 3. The van der Waals surface area contributed by atoms with Crippen LogP contribution in [0, 0.1) is 5.92 Å².